The van der Waals surface area contributed by atoms with Crippen LogP contribution in [0.5, 0.6) is 5.75 Å². The molecule has 3 nitrogen and oxygen atoms in total. The van der Waals surface area contributed by atoms with Crippen molar-refractivity contribution in [3.63, 3.8) is 0 Å². The summed E-state index contributed by atoms with van der Waals surface area (Å²) in [6.45, 7) is 0. The lowest BCUT2D eigenvalue weighted by Gasteiger charge is -2.29. The molecule has 5 heteroatoms. The monoisotopic (exact) mass is 384 g/mol. The summed E-state index contributed by atoms with van der Waals surface area (Å²) < 4.78 is 20.0. The van der Waals surface area contributed by atoms with Crippen LogP contribution in [0.2, 0.25) is 0 Å². The zero-order valence-corrected chi connectivity index (χ0v) is 16.4. The zero-order valence-electron chi connectivity index (χ0n) is 15.6. The lowest BCUT2D eigenvalue weighted by atomic mass is 9.86. The van der Waals surface area contributed by atoms with Gasteiger partial charge in [0.05, 0.1) is 7.11 Å². The molecule has 0 spiro atoms. The Morgan fingerprint density at radius 3 is 2.56 bits per heavy atom. The lowest BCUT2D eigenvalue weighted by molar-refractivity contribution is 0.415. The Bertz CT molecular complexity index is 1020. The van der Waals surface area contributed by atoms with E-state index in [4.69, 9.17) is 9.73 Å². The predicted molar refractivity (Wildman–Crippen MR) is 111 cm³/mol. The molecule has 0 radical (unpaired) electrons. The van der Waals surface area contributed by atoms with E-state index in [1.165, 1.54) is 11.6 Å². The number of likely N-dealkylation sites (N-methyl/N-ethyl adjacent to an activating group) is 1. The van der Waals surface area contributed by atoms with Crippen molar-refractivity contribution in [2.45, 2.75) is 12.5 Å². The number of rotatable bonds is 2. The number of hydrogen-bond acceptors (Lipinski definition) is 3. The fourth-order valence-electron chi connectivity index (χ4n) is 3.61. The molecule has 1 atom stereocenters. The average Bonchev–Trinajstić information content (AvgIpc) is 2.66. The van der Waals surface area contributed by atoms with E-state index < -0.39 is 0 Å². The summed E-state index contributed by atoms with van der Waals surface area (Å²) in [4.78, 5) is 6.93. The minimum atomic E-state index is -0.352. The minimum absolute atomic E-state index is 0. The third kappa shape index (κ3) is 3.37. The van der Waals surface area contributed by atoms with Gasteiger partial charge in [0.25, 0.3) is 0 Å². The summed E-state index contributed by atoms with van der Waals surface area (Å²) in [6, 6.07) is 16.8. The van der Waals surface area contributed by atoms with Crippen molar-refractivity contribution in [2.75, 3.05) is 21.2 Å². The van der Waals surface area contributed by atoms with Crippen molar-refractivity contribution in [1.29, 1.82) is 0 Å². The first-order chi connectivity index (χ1) is 12.6. The van der Waals surface area contributed by atoms with E-state index in [0.717, 1.165) is 34.3 Å². The number of amidine groups is 1. The maximum absolute atomic E-state index is 14.6. The van der Waals surface area contributed by atoms with Gasteiger partial charge in [0.1, 0.15) is 23.4 Å². The Morgan fingerprint density at radius 1 is 1.07 bits per heavy atom. The maximum atomic E-state index is 14.6. The molecule has 140 valence electrons. The third-order valence-corrected chi connectivity index (χ3v) is 4.98. The Kier molecular flexibility index (Phi) is 5.38. The first kappa shape index (κ1) is 19.2. The van der Waals surface area contributed by atoms with Gasteiger partial charge in [0.15, 0.2) is 0 Å². The van der Waals surface area contributed by atoms with Crippen LogP contribution in [-0.2, 0) is 6.42 Å². The van der Waals surface area contributed by atoms with Gasteiger partial charge >= 0.3 is 0 Å². The summed E-state index contributed by atoms with van der Waals surface area (Å²) in [5.74, 6) is 1.55. The van der Waals surface area contributed by atoms with Crippen LogP contribution < -0.4 is 4.74 Å². The highest BCUT2D eigenvalue weighted by Crippen LogP contribution is 2.39. The molecule has 1 aliphatic rings. The molecule has 0 aromatic heterocycles. The van der Waals surface area contributed by atoms with Crippen molar-refractivity contribution < 1.29 is 9.13 Å². The fraction of sp³-hybridized carbons (Fsp3) is 0.227. The van der Waals surface area contributed by atoms with Crippen molar-refractivity contribution in [3.8, 4) is 5.75 Å². The molecule has 0 fully saturated rings. The zero-order chi connectivity index (χ0) is 18.3. The topological polar surface area (TPSA) is 24.8 Å². The second kappa shape index (κ2) is 7.57. The molecule has 4 rings (SSSR count). The van der Waals surface area contributed by atoms with Gasteiger partial charge in [0.2, 0.25) is 0 Å². The molecular weight excluding hydrogens is 363 g/mol. The van der Waals surface area contributed by atoms with Crippen LogP contribution in [0.15, 0.2) is 59.6 Å². The quantitative estimate of drug-likeness (QED) is 0.620. The van der Waals surface area contributed by atoms with Crippen LogP contribution in [0.4, 0.5) is 4.39 Å². The van der Waals surface area contributed by atoms with Gasteiger partial charge in [-0.2, -0.15) is 0 Å². The molecule has 0 N–H and O–H groups in total. The molecule has 1 heterocycles. The van der Waals surface area contributed by atoms with Crippen LogP contribution in [0.1, 0.15) is 22.7 Å². The third-order valence-electron chi connectivity index (χ3n) is 4.98. The van der Waals surface area contributed by atoms with Gasteiger partial charge in [-0.15, -0.1) is 12.4 Å². The standard InChI is InChI=1S/C22H21FN2O.ClH/c1-25(2)20-13-15-9-8-14-12-16(26-3)10-11-17(14)21(15)22(24-20)18-6-4-5-7-19(18)23;/h4-12,22H,13H2,1-3H3;1H. The smallest absolute Gasteiger partial charge is 0.128 e. The molecular formula is C22H22ClFN2O. The van der Waals surface area contributed by atoms with Crippen LogP contribution in [0.3, 0.4) is 0 Å². The van der Waals surface area contributed by atoms with E-state index in [-0.39, 0.29) is 24.3 Å². The number of fused-ring (bicyclic) bond motifs is 3. The van der Waals surface area contributed by atoms with Crippen LogP contribution >= 0.6 is 12.4 Å². The van der Waals surface area contributed by atoms with Crippen LogP contribution in [-0.4, -0.2) is 31.9 Å². The Labute approximate surface area is 164 Å². The highest BCUT2D eigenvalue weighted by molar-refractivity contribution is 5.94. The summed E-state index contributed by atoms with van der Waals surface area (Å²) in [5, 5.41) is 2.17. The number of halogens is 2. The summed E-state index contributed by atoms with van der Waals surface area (Å²) in [7, 11) is 5.62. The number of nitrogens with zero attached hydrogens (tertiary/aromatic N) is 2. The first-order valence-electron chi connectivity index (χ1n) is 8.66. The van der Waals surface area contributed by atoms with Crippen molar-refractivity contribution in [3.05, 3.63) is 77.1 Å². The first-order valence-corrected chi connectivity index (χ1v) is 8.66. The predicted octanol–water partition coefficient (Wildman–Crippen LogP) is 5.01. The van der Waals surface area contributed by atoms with Gasteiger partial charge in [-0.1, -0.05) is 36.4 Å². The maximum Gasteiger partial charge on any atom is 0.128 e. The molecule has 27 heavy (non-hydrogen) atoms. The molecule has 0 amide bonds. The van der Waals surface area contributed by atoms with E-state index in [1.54, 1.807) is 13.2 Å². The molecule has 1 aliphatic heterocycles. The highest BCUT2D eigenvalue weighted by atomic mass is 35.5. The van der Waals surface area contributed by atoms with E-state index in [0.29, 0.717) is 5.56 Å². The van der Waals surface area contributed by atoms with E-state index in [2.05, 4.69) is 18.2 Å². The summed E-state index contributed by atoms with van der Waals surface area (Å²) >= 11 is 0. The molecule has 1 unspecified atom stereocenters. The van der Waals surface area contributed by atoms with Crippen molar-refractivity contribution >= 4 is 29.0 Å². The number of aliphatic imine (C=N–C) groups is 1. The van der Waals surface area contributed by atoms with Crippen molar-refractivity contribution in [2.24, 2.45) is 4.99 Å². The van der Waals surface area contributed by atoms with Gasteiger partial charge in [-0.25, -0.2) is 4.39 Å². The molecule has 0 saturated heterocycles. The summed E-state index contributed by atoms with van der Waals surface area (Å²) in [5.41, 5.74) is 2.88. The second-order valence-corrected chi connectivity index (χ2v) is 6.77. The fourth-order valence-corrected chi connectivity index (χ4v) is 3.61. The van der Waals surface area contributed by atoms with Crippen LogP contribution in [0, 0.1) is 5.82 Å². The van der Waals surface area contributed by atoms with E-state index in [1.807, 2.05) is 43.3 Å². The molecule has 0 bridgehead atoms. The highest BCUT2D eigenvalue weighted by Gasteiger charge is 2.27. The molecule has 3 aromatic rings. The lowest BCUT2D eigenvalue weighted by Crippen LogP contribution is -2.29. The second-order valence-electron chi connectivity index (χ2n) is 6.77. The van der Waals surface area contributed by atoms with E-state index in [9.17, 15) is 4.39 Å². The van der Waals surface area contributed by atoms with Crippen molar-refractivity contribution in [1.82, 2.24) is 4.90 Å². The molecule has 0 saturated carbocycles. The Morgan fingerprint density at radius 2 is 1.85 bits per heavy atom. The van der Waals surface area contributed by atoms with Gasteiger partial charge in [0, 0.05) is 26.1 Å². The number of hydrogen-bond donors (Lipinski definition) is 0. The van der Waals surface area contributed by atoms with Gasteiger partial charge < -0.3 is 9.64 Å². The van der Waals surface area contributed by atoms with Gasteiger partial charge in [-0.05, 0) is 40.1 Å². The SMILES string of the molecule is COc1ccc2c3c(ccc2c1)CC(N(C)C)=NC3c1ccccc1F.Cl. The average molecular weight is 385 g/mol. The minimum Gasteiger partial charge on any atom is -0.497 e. The number of benzene rings is 3. The van der Waals surface area contributed by atoms with Crippen LogP contribution in [0.25, 0.3) is 10.8 Å². The molecule has 3 aromatic carbocycles. The number of methoxy groups -OCH3 is 1. The Hall–Kier alpha value is -2.59. The Balaban J connectivity index is 0.00000210. The normalized spacial score (nSPS) is 15.6. The largest absolute Gasteiger partial charge is 0.497 e. The molecule has 0 aliphatic carbocycles. The van der Waals surface area contributed by atoms with Gasteiger partial charge in [-0.3, -0.25) is 4.99 Å². The number of ether oxygens (including phenoxy) is 1. The van der Waals surface area contributed by atoms with E-state index >= 15 is 0 Å². The summed E-state index contributed by atoms with van der Waals surface area (Å²) in [6.07, 6.45) is 0.745.